The monoisotopic (exact) mass is 487 g/mol. The summed E-state index contributed by atoms with van der Waals surface area (Å²) in [6, 6.07) is 9.82. The first-order valence-electron chi connectivity index (χ1n) is 8.41. The summed E-state index contributed by atoms with van der Waals surface area (Å²) in [6.45, 7) is 3.64. The number of furan rings is 1. The molecular formula is C18H23FIN5O2. The predicted molar refractivity (Wildman–Crippen MR) is 113 cm³/mol. The van der Waals surface area contributed by atoms with E-state index >= 15 is 0 Å². The molecule has 1 aromatic carbocycles. The lowest BCUT2D eigenvalue weighted by atomic mass is 10.2. The fourth-order valence-corrected chi connectivity index (χ4v) is 2.93. The number of aliphatic imine (C=N–C) groups is 1. The number of amides is 1. The summed E-state index contributed by atoms with van der Waals surface area (Å²) in [6.07, 6.45) is 0. The van der Waals surface area contributed by atoms with Gasteiger partial charge in [0.2, 0.25) is 0 Å². The van der Waals surface area contributed by atoms with Gasteiger partial charge in [0.25, 0.3) is 5.91 Å². The van der Waals surface area contributed by atoms with E-state index in [2.05, 4.69) is 20.1 Å². The maximum Gasteiger partial charge on any atom is 0.284 e. The van der Waals surface area contributed by atoms with Crippen LogP contribution in [0.5, 0.6) is 0 Å². The van der Waals surface area contributed by atoms with Gasteiger partial charge in [-0.25, -0.2) is 4.39 Å². The van der Waals surface area contributed by atoms with Crippen molar-refractivity contribution in [1.29, 1.82) is 0 Å². The van der Waals surface area contributed by atoms with Gasteiger partial charge in [-0.15, -0.1) is 24.0 Å². The molecule has 9 heteroatoms. The Morgan fingerprint density at radius 1 is 1.19 bits per heavy atom. The third kappa shape index (κ3) is 5.34. The number of hydrogen-bond donors (Lipinski definition) is 2. The molecular weight excluding hydrogens is 464 g/mol. The minimum atomic E-state index is -0.586. The lowest BCUT2D eigenvalue weighted by molar-refractivity contribution is 0.0972. The van der Waals surface area contributed by atoms with Gasteiger partial charge >= 0.3 is 0 Å². The normalized spacial score (nSPS) is 14.7. The van der Waals surface area contributed by atoms with E-state index in [9.17, 15) is 9.18 Å². The highest BCUT2D eigenvalue weighted by Crippen LogP contribution is 2.17. The summed E-state index contributed by atoms with van der Waals surface area (Å²) in [5, 5.41) is 3.23. The van der Waals surface area contributed by atoms with E-state index in [1.807, 2.05) is 0 Å². The molecule has 1 aliphatic heterocycles. The Labute approximate surface area is 174 Å². The van der Waals surface area contributed by atoms with E-state index in [1.54, 1.807) is 31.3 Å². The Kier molecular flexibility index (Phi) is 7.45. The quantitative estimate of drug-likeness (QED) is 0.392. The molecule has 2 aromatic rings. The average Bonchev–Trinajstić information content (AvgIpc) is 3.13. The van der Waals surface area contributed by atoms with Crippen LogP contribution in [0.3, 0.4) is 0 Å². The van der Waals surface area contributed by atoms with E-state index in [-0.39, 0.29) is 35.6 Å². The van der Waals surface area contributed by atoms with E-state index in [0.29, 0.717) is 12.3 Å². The van der Waals surface area contributed by atoms with Crippen molar-refractivity contribution in [1.82, 2.24) is 10.2 Å². The topological polar surface area (TPSA) is 87.1 Å². The minimum Gasteiger partial charge on any atom is -0.454 e. The highest BCUT2D eigenvalue weighted by atomic mass is 127. The van der Waals surface area contributed by atoms with Gasteiger partial charge in [-0.3, -0.25) is 9.79 Å². The Hall–Kier alpha value is -2.30. The van der Waals surface area contributed by atoms with Crippen molar-refractivity contribution >= 4 is 41.5 Å². The number of carbonyl (C=O) groups excluding carboxylic acids is 1. The summed E-state index contributed by atoms with van der Waals surface area (Å²) in [7, 11) is 1.73. The molecule has 0 spiro atoms. The number of primary amides is 1. The van der Waals surface area contributed by atoms with Crippen molar-refractivity contribution in [3.8, 4) is 0 Å². The highest BCUT2D eigenvalue weighted by Gasteiger charge is 2.20. The van der Waals surface area contributed by atoms with Gasteiger partial charge in [-0.1, -0.05) is 0 Å². The molecule has 2 heterocycles. The highest BCUT2D eigenvalue weighted by molar-refractivity contribution is 14.0. The van der Waals surface area contributed by atoms with Gasteiger partial charge in [-0.2, -0.15) is 0 Å². The molecule has 0 atom stereocenters. The van der Waals surface area contributed by atoms with Crippen molar-refractivity contribution in [3.63, 3.8) is 0 Å². The van der Waals surface area contributed by atoms with Crippen LogP contribution in [0.4, 0.5) is 10.1 Å². The molecule has 1 fully saturated rings. The summed E-state index contributed by atoms with van der Waals surface area (Å²) in [4.78, 5) is 19.7. The van der Waals surface area contributed by atoms with Crippen LogP contribution < -0.4 is 16.0 Å². The van der Waals surface area contributed by atoms with Gasteiger partial charge in [-0.05, 0) is 36.4 Å². The Balaban J connectivity index is 0.00000261. The number of halogens is 2. The molecule has 1 amide bonds. The molecule has 3 rings (SSSR count). The van der Waals surface area contributed by atoms with Crippen molar-refractivity contribution in [2.45, 2.75) is 6.54 Å². The molecule has 7 nitrogen and oxygen atoms in total. The summed E-state index contributed by atoms with van der Waals surface area (Å²) in [5.41, 5.74) is 6.20. The Bertz CT molecular complexity index is 785. The van der Waals surface area contributed by atoms with Crippen LogP contribution in [0, 0.1) is 5.82 Å². The molecule has 1 aliphatic rings. The van der Waals surface area contributed by atoms with Gasteiger partial charge < -0.3 is 25.3 Å². The molecule has 0 saturated carbocycles. The van der Waals surface area contributed by atoms with Gasteiger partial charge in [0.05, 0.1) is 6.54 Å². The number of carbonyl (C=O) groups is 1. The number of benzene rings is 1. The number of piperazine rings is 1. The van der Waals surface area contributed by atoms with Crippen molar-refractivity contribution in [3.05, 3.63) is 53.7 Å². The molecule has 3 N–H and O–H groups in total. The fourth-order valence-electron chi connectivity index (χ4n) is 2.93. The molecule has 146 valence electrons. The van der Waals surface area contributed by atoms with Crippen molar-refractivity contribution < 1.29 is 13.6 Å². The van der Waals surface area contributed by atoms with Crippen LogP contribution in [-0.4, -0.2) is 50.0 Å². The summed E-state index contributed by atoms with van der Waals surface area (Å²) < 4.78 is 18.4. The molecule has 0 bridgehead atoms. The molecule has 0 aliphatic carbocycles. The number of nitrogens with zero attached hydrogens (tertiary/aromatic N) is 3. The predicted octanol–water partition coefficient (Wildman–Crippen LogP) is 2.03. The minimum absolute atomic E-state index is 0. The smallest absolute Gasteiger partial charge is 0.284 e. The number of rotatable bonds is 4. The maximum atomic E-state index is 13.1. The molecule has 1 saturated heterocycles. The molecule has 0 radical (unpaired) electrons. The zero-order valence-corrected chi connectivity index (χ0v) is 17.4. The van der Waals surface area contributed by atoms with Gasteiger partial charge in [0.1, 0.15) is 11.6 Å². The number of hydrogen-bond acceptors (Lipinski definition) is 4. The second kappa shape index (κ2) is 9.58. The van der Waals surface area contributed by atoms with Gasteiger partial charge in [0.15, 0.2) is 11.7 Å². The maximum absolute atomic E-state index is 13.1. The molecule has 27 heavy (non-hydrogen) atoms. The van der Waals surface area contributed by atoms with E-state index in [1.165, 1.54) is 12.1 Å². The second-order valence-electron chi connectivity index (χ2n) is 5.98. The number of anilines is 1. The van der Waals surface area contributed by atoms with Crippen LogP contribution >= 0.6 is 24.0 Å². The van der Waals surface area contributed by atoms with Crippen LogP contribution in [0.15, 0.2) is 45.8 Å². The first-order valence-corrected chi connectivity index (χ1v) is 8.41. The van der Waals surface area contributed by atoms with Crippen LogP contribution in [0.1, 0.15) is 16.3 Å². The van der Waals surface area contributed by atoms with E-state index in [0.717, 1.165) is 37.8 Å². The zero-order chi connectivity index (χ0) is 18.5. The van der Waals surface area contributed by atoms with Gasteiger partial charge in [0, 0.05) is 38.9 Å². The zero-order valence-electron chi connectivity index (χ0n) is 15.0. The van der Waals surface area contributed by atoms with Crippen LogP contribution in [-0.2, 0) is 6.54 Å². The van der Waals surface area contributed by atoms with Crippen LogP contribution in [0.25, 0.3) is 0 Å². The van der Waals surface area contributed by atoms with E-state index in [4.69, 9.17) is 10.2 Å². The first-order chi connectivity index (χ1) is 12.6. The van der Waals surface area contributed by atoms with Crippen molar-refractivity contribution in [2.75, 3.05) is 38.1 Å². The fraction of sp³-hybridized carbons (Fsp3) is 0.333. The number of nitrogens with one attached hydrogen (secondary N) is 1. The van der Waals surface area contributed by atoms with E-state index < -0.39 is 5.91 Å². The largest absolute Gasteiger partial charge is 0.454 e. The SMILES string of the molecule is CN=C(NCc1ccc(C(N)=O)o1)N1CCN(c2ccc(F)cc2)CC1.I. The third-order valence-corrected chi connectivity index (χ3v) is 4.31. The molecule has 0 unspecified atom stereocenters. The first kappa shape index (κ1) is 21.0. The standard InChI is InChI=1S/C18H22FN5O2.HI/c1-21-18(22-12-15-6-7-16(26-15)17(20)25)24-10-8-23(9-11-24)14-4-2-13(19)3-5-14;/h2-7H,8-12H2,1H3,(H2,20,25)(H,21,22);1H. The Morgan fingerprint density at radius 2 is 1.85 bits per heavy atom. The summed E-state index contributed by atoms with van der Waals surface area (Å²) >= 11 is 0. The summed E-state index contributed by atoms with van der Waals surface area (Å²) in [5.74, 6) is 0.710. The average molecular weight is 487 g/mol. The van der Waals surface area contributed by atoms with Crippen LogP contribution in [0.2, 0.25) is 0 Å². The lowest BCUT2D eigenvalue weighted by Crippen LogP contribution is -2.52. The number of guanidine groups is 1. The number of nitrogens with two attached hydrogens (primary N) is 1. The second-order valence-corrected chi connectivity index (χ2v) is 5.98. The van der Waals surface area contributed by atoms with Crippen molar-refractivity contribution in [2.24, 2.45) is 10.7 Å². The molecule has 1 aromatic heterocycles. The lowest BCUT2D eigenvalue weighted by Gasteiger charge is -2.37. The Morgan fingerprint density at radius 3 is 2.41 bits per heavy atom. The third-order valence-electron chi connectivity index (χ3n) is 4.31.